The zero-order valence-electron chi connectivity index (χ0n) is 4.90. The standard InChI is InChI=1S/C5H10O4/c6-2-3-1-4(7)5(8)9-3/h3-8H,1-2H2/t3-,4?,5?/m0/s1. The predicted octanol–water partition coefficient (Wildman–Crippen LogP) is -1.55. The summed E-state index contributed by atoms with van der Waals surface area (Å²) in [6.45, 7) is -0.145. The van der Waals surface area contributed by atoms with Crippen LogP contribution in [-0.2, 0) is 4.74 Å². The highest BCUT2D eigenvalue weighted by atomic mass is 16.6. The van der Waals surface area contributed by atoms with E-state index < -0.39 is 18.5 Å². The number of aliphatic hydroxyl groups is 3. The van der Waals surface area contributed by atoms with E-state index in [1.807, 2.05) is 0 Å². The number of rotatable bonds is 1. The average Bonchev–Trinajstić information content (AvgIpc) is 2.13. The van der Waals surface area contributed by atoms with Crippen LogP contribution in [0.1, 0.15) is 6.42 Å². The molecule has 1 heterocycles. The molecule has 0 spiro atoms. The van der Waals surface area contributed by atoms with Gasteiger partial charge in [0.1, 0.15) is 6.10 Å². The van der Waals surface area contributed by atoms with E-state index >= 15 is 0 Å². The highest BCUT2D eigenvalue weighted by Gasteiger charge is 2.31. The summed E-state index contributed by atoms with van der Waals surface area (Å²) in [6.07, 6.45) is -2.02. The van der Waals surface area contributed by atoms with Crippen molar-refractivity contribution >= 4 is 0 Å². The zero-order valence-corrected chi connectivity index (χ0v) is 4.90. The molecule has 4 heteroatoms. The molecule has 0 amide bonds. The van der Waals surface area contributed by atoms with Crippen LogP contribution < -0.4 is 0 Å². The number of aliphatic hydroxyl groups excluding tert-OH is 3. The molecule has 0 bridgehead atoms. The molecule has 0 saturated carbocycles. The second-order valence-corrected chi connectivity index (χ2v) is 2.13. The topological polar surface area (TPSA) is 69.9 Å². The van der Waals surface area contributed by atoms with Gasteiger partial charge in [0.25, 0.3) is 0 Å². The molecule has 0 aliphatic carbocycles. The van der Waals surface area contributed by atoms with Crippen LogP contribution in [0.25, 0.3) is 0 Å². The molecule has 54 valence electrons. The Morgan fingerprint density at radius 3 is 2.33 bits per heavy atom. The van der Waals surface area contributed by atoms with Gasteiger partial charge >= 0.3 is 0 Å². The summed E-state index contributed by atoms with van der Waals surface area (Å²) in [5.41, 5.74) is 0. The molecule has 0 aromatic carbocycles. The fourth-order valence-corrected chi connectivity index (χ4v) is 0.847. The first-order valence-electron chi connectivity index (χ1n) is 2.86. The first-order valence-corrected chi connectivity index (χ1v) is 2.86. The second-order valence-electron chi connectivity index (χ2n) is 2.13. The van der Waals surface area contributed by atoms with Crippen molar-refractivity contribution in [2.75, 3.05) is 6.61 Å². The Morgan fingerprint density at radius 1 is 1.44 bits per heavy atom. The fourth-order valence-electron chi connectivity index (χ4n) is 0.847. The third-order valence-corrected chi connectivity index (χ3v) is 1.37. The van der Waals surface area contributed by atoms with Gasteiger partial charge in [-0.3, -0.25) is 0 Å². The molecule has 2 unspecified atom stereocenters. The van der Waals surface area contributed by atoms with E-state index in [0.29, 0.717) is 6.42 Å². The van der Waals surface area contributed by atoms with E-state index in [9.17, 15) is 0 Å². The minimum atomic E-state index is -1.11. The lowest BCUT2D eigenvalue weighted by Crippen LogP contribution is -2.19. The fraction of sp³-hybridized carbons (Fsp3) is 1.00. The molecule has 1 saturated heterocycles. The Kier molecular flexibility index (Phi) is 2.02. The van der Waals surface area contributed by atoms with Crippen LogP contribution in [0, 0.1) is 0 Å². The van der Waals surface area contributed by atoms with Crippen molar-refractivity contribution in [1.82, 2.24) is 0 Å². The molecule has 1 rings (SSSR count). The van der Waals surface area contributed by atoms with Crippen LogP contribution in [0.5, 0.6) is 0 Å². The van der Waals surface area contributed by atoms with Gasteiger partial charge in [0.15, 0.2) is 6.29 Å². The van der Waals surface area contributed by atoms with Gasteiger partial charge < -0.3 is 20.1 Å². The van der Waals surface area contributed by atoms with Crippen molar-refractivity contribution in [3.63, 3.8) is 0 Å². The van der Waals surface area contributed by atoms with Crippen LogP contribution >= 0.6 is 0 Å². The SMILES string of the molecule is OC[C@@H]1CC(O)C(O)O1. The van der Waals surface area contributed by atoms with E-state index in [1.165, 1.54) is 0 Å². The lowest BCUT2D eigenvalue weighted by Gasteiger charge is -2.04. The highest BCUT2D eigenvalue weighted by Crippen LogP contribution is 2.17. The normalized spacial score (nSPS) is 43.7. The van der Waals surface area contributed by atoms with E-state index in [2.05, 4.69) is 4.74 Å². The summed E-state index contributed by atoms with van der Waals surface area (Å²) >= 11 is 0. The van der Waals surface area contributed by atoms with E-state index in [4.69, 9.17) is 15.3 Å². The zero-order chi connectivity index (χ0) is 6.85. The molecule has 1 aliphatic rings. The lowest BCUT2D eigenvalue weighted by atomic mass is 10.2. The molecule has 0 radical (unpaired) electrons. The van der Waals surface area contributed by atoms with Crippen molar-refractivity contribution in [2.45, 2.75) is 24.9 Å². The second kappa shape index (κ2) is 2.62. The van der Waals surface area contributed by atoms with Crippen molar-refractivity contribution < 1.29 is 20.1 Å². The Bertz CT molecular complexity index is 85.0. The third-order valence-electron chi connectivity index (χ3n) is 1.37. The number of ether oxygens (including phenoxy) is 1. The van der Waals surface area contributed by atoms with Gasteiger partial charge in [-0.1, -0.05) is 0 Å². The van der Waals surface area contributed by atoms with Crippen LogP contribution in [0.15, 0.2) is 0 Å². The van der Waals surface area contributed by atoms with Gasteiger partial charge in [-0.15, -0.1) is 0 Å². The van der Waals surface area contributed by atoms with Crippen molar-refractivity contribution in [3.8, 4) is 0 Å². The highest BCUT2D eigenvalue weighted by molar-refractivity contribution is 4.74. The summed E-state index contributed by atoms with van der Waals surface area (Å²) < 4.78 is 4.68. The van der Waals surface area contributed by atoms with Crippen LogP contribution in [0.2, 0.25) is 0 Å². The summed E-state index contributed by atoms with van der Waals surface area (Å²) in [5, 5.41) is 26.0. The van der Waals surface area contributed by atoms with Gasteiger partial charge in [-0.25, -0.2) is 0 Å². The van der Waals surface area contributed by atoms with Gasteiger partial charge in [0.2, 0.25) is 0 Å². The van der Waals surface area contributed by atoms with Crippen LogP contribution in [0.4, 0.5) is 0 Å². The molecule has 0 aromatic rings. The van der Waals surface area contributed by atoms with Crippen molar-refractivity contribution in [2.24, 2.45) is 0 Å². The van der Waals surface area contributed by atoms with E-state index in [0.717, 1.165) is 0 Å². The quantitative estimate of drug-likeness (QED) is 0.406. The maximum absolute atomic E-state index is 8.81. The van der Waals surface area contributed by atoms with Crippen LogP contribution in [-0.4, -0.2) is 40.4 Å². The summed E-state index contributed by atoms with van der Waals surface area (Å²) in [4.78, 5) is 0. The van der Waals surface area contributed by atoms with Crippen LogP contribution in [0.3, 0.4) is 0 Å². The monoisotopic (exact) mass is 134 g/mol. The molecule has 4 nitrogen and oxygen atoms in total. The maximum Gasteiger partial charge on any atom is 0.181 e. The Hall–Kier alpha value is -0.160. The maximum atomic E-state index is 8.81. The Morgan fingerprint density at radius 2 is 2.11 bits per heavy atom. The van der Waals surface area contributed by atoms with E-state index in [-0.39, 0.29) is 6.61 Å². The summed E-state index contributed by atoms with van der Waals surface area (Å²) in [7, 11) is 0. The van der Waals surface area contributed by atoms with Crippen molar-refractivity contribution in [1.29, 1.82) is 0 Å². The molecule has 3 N–H and O–H groups in total. The largest absolute Gasteiger partial charge is 0.394 e. The molecule has 3 atom stereocenters. The van der Waals surface area contributed by atoms with Gasteiger partial charge in [0.05, 0.1) is 12.7 Å². The smallest absolute Gasteiger partial charge is 0.181 e. The number of hydrogen-bond donors (Lipinski definition) is 3. The lowest BCUT2D eigenvalue weighted by molar-refractivity contribution is -0.132. The predicted molar refractivity (Wildman–Crippen MR) is 28.6 cm³/mol. The van der Waals surface area contributed by atoms with Crippen molar-refractivity contribution in [3.05, 3.63) is 0 Å². The molecule has 1 aliphatic heterocycles. The minimum absolute atomic E-state index is 0.145. The first-order chi connectivity index (χ1) is 4.24. The first kappa shape index (κ1) is 6.95. The molecule has 0 aromatic heterocycles. The minimum Gasteiger partial charge on any atom is -0.394 e. The molecular weight excluding hydrogens is 124 g/mol. The van der Waals surface area contributed by atoms with Gasteiger partial charge in [0, 0.05) is 6.42 Å². The molecular formula is C5H10O4. The number of hydrogen-bond acceptors (Lipinski definition) is 4. The summed E-state index contributed by atoms with van der Waals surface area (Å²) in [6, 6.07) is 0. The van der Waals surface area contributed by atoms with E-state index in [1.54, 1.807) is 0 Å². The third kappa shape index (κ3) is 1.40. The van der Waals surface area contributed by atoms with Gasteiger partial charge in [-0.05, 0) is 0 Å². The summed E-state index contributed by atoms with van der Waals surface area (Å²) in [5.74, 6) is 0. The van der Waals surface area contributed by atoms with Gasteiger partial charge in [-0.2, -0.15) is 0 Å². The Balaban J connectivity index is 2.35. The molecule has 9 heavy (non-hydrogen) atoms. The molecule has 1 fully saturated rings. The average molecular weight is 134 g/mol. The Labute approximate surface area is 52.7 Å².